The van der Waals surface area contributed by atoms with Gasteiger partial charge in [0.1, 0.15) is 0 Å². The average Bonchev–Trinajstić information content (AvgIpc) is 1.69. The molecule has 1 rings (SSSR count). The fourth-order valence-corrected chi connectivity index (χ4v) is 1.13. The van der Waals surface area contributed by atoms with E-state index >= 15 is 0 Å². The standard InChI is InChI=1S/C6H13N.H2S/c7-6-4-2-1-3-5-6;/h6H,1-5,7H2;1H2. The lowest BCUT2D eigenvalue weighted by Gasteiger charge is -2.15. The smallest absolute Gasteiger partial charge is 0.00388 e. The third kappa shape index (κ3) is 2.58. The van der Waals surface area contributed by atoms with E-state index in [-0.39, 0.29) is 13.5 Å². The molecule has 0 atom stereocenters. The molecular weight excluding hydrogens is 118 g/mol. The van der Waals surface area contributed by atoms with Gasteiger partial charge >= 0.3 is 0 Å². The van der Waals surface area contributed by atoms with Crippen molar-refractivity contribution in [2.45, 2.75) is 38.1 Å². The molecule has 0 aromatic carbocycles. The van der Waals surface area contributed by atoms with Crippen molar-refractivity contribution in [2.24, 2.45) is 5.73 Å². The van der Waals surface area contributed by atoms with Gasteiger partial charge in [-0.2, -0.15) is 13.5 Å². The van der Waals surface area contributed by atoms with Gasteiger partial charge in [0.25, 0.3) is 0 Å². The lowest BCUT2D eigenvalue weighted by Crippen LogP contribution is -2.22. The largest absolute Gasteiger partial charge is 0.328 e. The molecule has 1 saturated carbocycles. The zero-order chi connectivity index (χ0) is 5.11. The van der Waals surface area contributed by atoms with Gasteiger partial charge in [0, 0.05) is 6.04 Å². The summed E-state index contributed by atoms with van der Waals surface area (Å²) in [5, 5.41) is 0. The summed E-state index contributed by atoms with van der Waals surface area (Å²) in [5.41, 5.74) is 5.63. The first kappa shape index (κ1) is 8.31. The Hall–Kier alpha value is 0.310. The highest BCUT2D eigenvalue weighted by molar-refractivity contribution is 7.59. The van der Waals surface area contributed by atoms with E-state index in [4.69, 9.17) is 5.73 Å². The van der Waals surface area contributed by atoms with Crippen LogP contribution in [0.2, 0.25) is 0 Å². The first-order valence-electron chi connectivity index (χ1n) is 3.15. The molecule has 2 N–H and O–H groups in total. The normalized spacial score (nSPS) is 22.1. The Labute approximate surface area is 58.1 Å². The van der Waals surface area contributed by atoms with Gasteiger partial charge in [0.15, 0.2) is 0 Å². The number of rotatable bonds is 0. The molecule has 0 spiro atoms. The molecule has 0 aromatic heterocycles. The van der Waals surface area contributed by atoms with Crippen LogP contribution in [0.25, 0.3) is 0 Å². The summed E-state index contributed by atoms with van der Waals surface area (Å²) in [7, 11) is 0. The van der Waals surface area contributed by atoms with Crippen LogP contribution in [-0.4, -0.2) is 6.04 Å². The zero-order valence-electron chi connectivity index (χ0n) is 5.19. The topological polar surface area (TPSA) is 26.0 Å². The van der Waals surface area contributed by atoms with Gasteiger partial charge < -0.3 is 5.73 Å². The Kier molecular flexibility index (Phi) is 4.38. The molecule has 0 aromatic rings. The first-order chi connectivity index (χ1) is 3.39. The summed E-state index contributed by atoms with van der Waals surface area (Å²) >= 11 is 0. The van der Waals surface area contributed by atoms with Crippen LogP contribution in [0, 0.1) is 0 Å². The summed E-state index contributed by atoms with van der Waals surface area (Å²) in [4.78, 5) is 0. The predicted molar refractivity (Wildman–Crippen MR) is 41.4 cm³/mol. The minimum atomic E-state index is 0. The molecule has 1 nitrogen and oxygen atoms in total. The number of hydrogen-bond donors (Lipinski definition) is 1. The van der Waals surface area contributed by atoms with Gasteiger partial charge in [-0.1, -0.05) is 19.3 Å². The first-order valence-corrected chi connectivity index (χ1v) is 3.15. The summed E-state index contributed by atoms with van der Waals surface area (Å²) in [6.07, 6.45) is 6.66. The predicted octanol–water partition coefficient (Wildman–Crippen LogP) is 1.39. The van der Waals surface area contributed by atoms with Crippen molar-refractivity contribution in [3.05, 3.63) is 0 Å². The number of nitrogens with two attached hydrogens (primary N) is 1. The van der Waals surface area contributed by atoms with Crippen molar-refractivity contribution in [2.75, 3.05) is 0 Å². The molecule has 2 heteroatoms. The van der Waals surface area contributed by atoms with Crippen LogP contribution in [0.4, 0.5) is 0 Å². The van der Waals surface area contributed by atoms with Crippen LogP contribution in [0.1, 0.15) is 32.1 Å². The van der Waals surface area contributed by atoms with Crippen molar-refractivity contribution >= 4 is 13.5 Å². The SMILES string of the molecule is NC1CCCCC1.S. The number of hydrogen-bond acceptors (Lipinski definition) is 1. The molecule has 0 saturated heterocycles. The molecule has 0 amide bonds. The molecule has 1 aliphatic rings. The summed E-state index contributed by atoms with van der Waals surface area (Å²) in [6.45, 7) is 0. The van der Waals surface area contributed by atoms with E-state index in [0.717, 1.165) is 0 Å². The third-order valence-electron chi connectivity index (χ3n) is 1.65. The second kappa shape index (κ2) is 4.21. The zero-order valence-corrected chi connectivity index (χ0v) is 6.19. The third-order valence-corrected chi connectivity index (χ3v) is 1.65. The second-order valence-electron chi connectivity index (χ2n) is 2.40. The van der Waals surface area contributed by atoms with E-state index in [1.807, 2.05) is 0 Å². The molecule has 0 radical (unpaired) electrons. The van der Waals surface area contributed by atoms with Crippen LogP contribution < -0.4 is 5.73 Å². The molecule has 0 heterocycles. The van der Waals surface area contributed by atoms with Crippen LogP contribution in [0.5, 0.6) is 0 Å². The van der Waals surface area contributed by atoms with Gasteiger partial charge in [-0.05, 0) is 12.8 Å². The minimum absolute atomic E-state index is 0. The lowest BCUT2D eigenvalue weighted by molar-refractivity contribution is 0.441. The Balaban J connectivity index is 0.000000490. The van der Waals surface area contributed by atoms with Crippen LogP contribution in [-0.2, 0) is 0 Å². The Bertz CT molecular complexity index is 50.5. The fraction of sp³-hybridized carbons (Fsp3) is 1.00. The van der Waals surface area contributed by atoms with Gasteiger partial charge in [-0.25, -0.2) is 0 Å². The molecule has 8 heavy (non-hydrogen) atoms. The maximum atomic E-state index is 5.63. The van der Waals surface area contributed by atoms with Gasteiger partial charge in [-0.3, -0.25) is 0 Å². The second-order valence-corrected chi connectivity index (χ2v) is 2.40. The van der Waals surface area contributed by atoms with Crippen molar-refractivity contribution in [3.63, 3.8) is 0 Å². The Morgan fingerprint density at radius 2 is 1.50 bits per heavy atom. The van der Waals surface area contributed by atoms with Crippen LogP contribution in [0.15, 0.2) is 0 Å². The molecule has 1 fully saturated rings. The summed E-state index contributed by atoms with van der Waals surface area (Å²) in [5.74, 6) is 0. The van der Waals surface area contributed by atoms with E-state index in [1.165, 1.54) is 32.1 Å². The highest BCUT2D eigenvalue weighted by Crippen LogP contribution is 2.14. The molecule has 0 unspecified atom stereocenters. The molecular formula is C6H15NS. The van der Waals surface area contributed by atoms with Crippen molar-refractivity contribution < 1.29 is 0 Å². The molecule has 1 aliphatic carbocycles. The Morgan fingerprint density at radius 1 is 1.00 bits per heavy atom. The van der Waals surface area contributed by atoms with Gasteiger partial charge in [0.05, 0.1) is 0 Å². The average molecular weight is 133 g/mol. The molecule has 0 bridgehead atoms. The van der Waals surface area contributed by atoms with Crippen molar-refractivity contribution in [3.8, 4) is 0 Å². The van der Waals surface area contributed by atoms with Crippen molar-refractivity contribution in [1.29, 1.82) is 0 Å². The molecule has 0 aliphatic heterocycles. The summed E-state index contributed by atoms with van der Waals surface area (Å²) in [6, 6.07) is 0.536. The maximum Gasteiger partial charge on any atom is 0.00388 e. The highest BCUT2D eigenvalue weighted by Gasteiger charge is 2.06. The highest BCUT2D eigenvalue weighted by atomic mass is 32.1. The van der Waals surface area contributed by atoms with Crippen LogP contribution in [0.3, 0.4) is 0 Å². The maximum absolute atomic E-state index is 5.63. The quantitative estimate of drug-likeness (QED) is 0.531. The van der Waals surface area contributed by atoms with Crippen molar-refractivity contribution in [1.82, 2.24) is 0 Å². The van der Waals surface area contributed by atoms with Crippen LogP contribution >= 0.6 is 13.5 Å². The Morgan fingerprint density at radius 3 is 1.75 bits per heavy atom. The molecule has 50 valence electrons. The van der Waals surface area contributed by atoms with E-state index in [0.29, 0.717) is 6.04 Å². The van der Waals surface area contributed by atoms with E-state index in [2.05, 4.69) is 0 Å². The van der Waals surface area contributed by atoms with E-state index in [1.54, 1.807) is 0 Å². The fourth-order valence-electron chi connectivity index (χ4n) is 1.13. The van der Waals surface area contributed by atoms with E-state index < -0.39 is 0 Å². The van der Waals surface area contributed by atoms with Gasteiger partial charge in [-0.15, -0.1) is 0 Å². The summed E-state index contributed by atoms with van der Waals surface area (Å²) < 4.78 is 0. The van der Waals surface area contributed by atoms with Gasteiger partial charge in [0.2, 0.25) is 0 Å². The monoisotopic (exact) mass is 133 g/mol. The minimum Gasteiger partial charge on any atom is -0.328 e. The lowest BCUT2D eigenvalue weighted by atomic mass is 9.97. The van der Waals surface area contributed by atoms with E-state index in [9.17, 15) is 0 Å².